The largest absolute Gasteiger partial charge is 0.374 e. The molecule has 2 rings (SSSR count). The minimum Gasteiger partial charge on any atom is -0.374 e. The zero-order valence-electron chi connectivity index (χ0n) is 13.0. The third-order valence-electron chi connectivity index (χ3n) is 3.87. The Labute approximate surface area is 129 Å². The quantitative estimate of drug-likeness (QED) is 0.889. The summed E-state index contributed by atoms with van der Waals surface area (Å²) in [7, 11) is 0. The van der Waals surface area contributed by atoms with Crippen molar-refractivity contribution in [3.8, 4) is 0 Å². The van der Waals surface area contributed by atoms with Crippen LogP contribution in [0.5, 0.6) is 0 Å². The fraction of sp³-hybridized carbons (Fsp3) is 0.500. The Balaban J connectivity index is 1.75. The Hall–Kier alpha value is -2.11. The highest BCUT2D eigenvalue weighted by molar-refractivity contribution is 5.81. The molecule has 2 N–H and O–H groups in total. The van der Waals surface area contributed by atoms with E-state index in [2.05, 4.69) is 10.6 Å². The van der Waals surface area contributed by atoms with E-state index in [9.17, 15) is 14.0 Å². The van der Waals surface area contributed by atoms with Crippen molar-refractivity contribution in [2.45, 2.75) is 32.7 Å². The number of likely N-dealkylation sites (tertiary alicyclic amines) is 1. The highest BCUT2D eigenvalue weighted by Gasteiger charge is 2.21. The predicted molar refractivity (Wildman–Crippen MR) is 83.0 cm³/mol. The molecule has 1 aromatic carbocycles. The van der Waals surface area contributed by atoms with Gasteiger partial charge in [-0.25, -0.2) is 4.39 Å². The second-order valence-corrected chi connectivity index (χ2v) is 5.68. The monoisotopic (exact) mass is 307 g/mol. The lowest BCUT2D eigenvalue weighted by Crippen LogP contribution is -2.47. The number of halogens is 1. The number of benzene rings is 1. The average molecular weight is 307 g/mol. The molecule has 1 saturated heterocycles. The Morgan fingerprint density at radius 3 is 2.59 bits per heavy atom. The van der Waals surface area contributed by atoms with Gasteiger partial charge in [0.2, 0.25) is 11.8 Å². The first-order chi connectivity index (χ1) is 10.5. The number of nitrogens with zero attached hydrogens (tertiary/aromatic N) is 1. The smallest absolute Gasteiger partial charge is 0.239 e. The number of hydrogen-bond acceptors (Lipinski definition) is 3. The van der Waals surface area contributed by atoms with E-state index in [-0.39, 0.29) is 30.2 Å². The van der Waals surface area contributed by atoms with Gasteiger partial charge in [0.1, 0.15) is 5.82 Å². The molecule has 1 heterocycles. The molecule has 1 aromatic rings. The maximum atomic E-state index is 13.6. The van der Waals surface area contributed by atoms with Crippen LogP contribution in [0.3, 0.4) is 0 Å². The first kappa shape index (κ1) is 16.3. The molecule has 5 nitrogen and oxygen atoms in total. The molecule has 0 aliphatic carbocycles. The number of anilines is 1. The van der Waals surface area contributed by atoms with Crippen molar-refractivity contribution in [2.75, 3.05) is 25.0 Å². The summed E-state index contributed by atoms with van der Waals surface area (Å²) in [6.45, 7) is 4.74. The average Bonchev–Trinajstić information content (AvgIpc) is 2.47. The second kappa shape index (κ2) is 7.24. The topological polar surface area (TPSA) is 61.4 Å². The standard InChI is InChI=1S/C16H22FN3O2/c1-11-3-4-15(14(17)9-11)18-10-16(22)19-13-5-7-20(8-6-13)12(2)21/h3-4,9,13,18H,5-8,10H2,1-2H3,(H,19,22). The van der Waals surface area contributed by atoms with Crippen molar-refractivity contribution < 1.29 is 14.0 Å². The molecule has 0 spiro atoms. The van der Waals surface area contributed by atoms with E-state index >= 15 is 0 Å². The molecule has 1 aliphatic rings. The van der Waals surface area contributed by atoms with Gasteiger partial charge in [-0.3, -0.25) is 9.59 Å². The van der Waals surface area contributed by atoms with Gasteiger partial charge < -0.3 is 15.5 Å². The molecule has 0 atom stereocenters. The zero-order valence-corrected chi connectivity index (χ0v) is 13.0. The molecular formula is C16H22FN3O2. The van der Waals surface area contributed by atoms with Crippen LogP contribution in [0, 0.1) is 12.7 Å². The fourth-order valence-electron chi connectivity index (χ4n) is 2.56. The maximum Gasteiger partial charge on any atom is 0.239 e. The summed E-state index contributed by atoms with van der Waals surface area (Å²) in [5, 5.41) is 5.72. The molecule has 2 amide bonds. The van der Waals surface area contributed by atoms with Crippen LogP contribution in [0.15, 0.2) is 18.2 Å². The molecule has 120 valence electrons. The molecule has 0 aromatic heterocycles. The third-order valence-corrected chi connectivity index (χ3v) is 3.87. The van der Waals surface area contributed by atoms with Gasteiger partial charge in [-0.15, -0.1) is 0 Å². The van der Waals surface area contributed by atoms with Crippen molar-refractivity contribution in [3.05, 3.63) is 29.6 Å². The van der Waals surface area contributed by atoms with E-state index in [1.807, 2.05) is 6.92 Å². The van der Waals surface area contributed by atoms with Gasteiger partial charge in [-0.05, 0) is 37.5 Å². The highest BCUT2D eigenvalue weighted by Crippen LogP contribution is 2.15. The number of nitrogens with one attached hydrogen (secondary N) is 2. The number of aryl methyl sites for hydroxylation is 1. The van der Waals surface area contributed by atoms with Crippen LogP contribution in [-0.4, -0.2) is 42.4 Å². The predicted octanol–water partition coefficient (Wildman–Crippen LogP) is 1.67. The van der Waals surface area contributed by atoms with Gasteiger partial charge >= 0.3 is 0 Å². The van der Waals surface area contributed by atoms with Gasteiger partial charge in [0.15, 0.2) is 0 Å². The van der Waals surface area contributed by atoms with Gasteiger partial charge in [0.05, 0.1) is 12.2 Å². The summed E-state index contributed by atoms with van der Waals surface area (Å²) in [6.07, 6.45) is 1.51. The molecule has 0 radical (unpaired) electrons. The number of hydrogen-bond donors (Lipinski definition) is 2. The van der Waals surface area contributed by atoms with Crippen molar-refractivity contribution in [1.82, 2.24) is 10.2 Å². The molecule has 1 aliphatic heterocycles. The molecular weight excluding hydrogens is 285 g/mol. The van der Waals surface area contributed by atoms with Gasteiger partial charge in [0.25, 0.3) is 0 Å². The van der Waals surface area contributed by atoms with E-state index in [0.29, 0.717) is 18.8 Å². The SMILES string of the molecule is CC(=O)N1CCC(NC(=O)CNc2ccc(C)cc2F)CC1. The van der Waals surface area contributed by atoms with Crippen LogP contribution in [0.4, 0.5) is 10.1 Å². The summed E-state index contributed by atoms with van der Waals surface area (Å²) in [5.41, 5.74) is 1.16. The summed E-state index contributed by atoms with van der Waals surface area (Å²) in [6, 6.07) is 4.93. The lowest BCUT2D eigenvalue weighted by atomic mass is 10.1. The van der Waals surface area contributed by atoms with E-state index in [1.165, 1.54) is 6.07 Å². The number of piperidine rings is 1. The fourth-order valence-corrected chi connectivity index (χ4v) is 2.56. The second-order valence-electron chi connectivity index (χ2n) is 5.68. The van der Waals surface area contributed by atoms with Crippen molar-refractivity contribution in [3.63, 3.8) is 0 Å². The number of carbonyl (C=O) groups is 2. The zero-order chi connectivity index (χ0) is 16.1. The van der Waals surface area contributed by atoms with Crippen LogP contribution < -0.4 is 10.6 Å². The summed E-state index contributed by atoms with van der Waals surface area (Å²) >= 11 is 0. The van der Waals surface area contributed by atoms with E-state index in [4.69, 9.17) is 0 Å². The lowest BCUT2D eigenvalue weighted by Gasteiger charge is -2.31. The third kappa shape index (κ3) is 4.44. The first-order valence-electron chi connectivity index (χ1n) is 7.50. The van der Waals surface area contributed by atoms with Crippen molar-refractivity contribution in [2.24, 2.45) is 0 Å². The van der Waals surface area contributed by atoms with Gasteiger partial charge in [-0.2, -0.15) is 0 Å². The Morgan fingerprint density at radius 2 is 2.00 bits per heavy atom. The molecule has 6 heteroatoms. The van der Waals surface area contributed by atoms with Crippen LogP contribution in [-0.2, 0) is 9.59 Å². The van der Waals surface area contributed by atoms with E-state index in [0.717, 1.165) is 18.4 Å². The summed E-state index contributed by atoms with van der Waals surface area (Å²) < 4.78 is 13.6. The van der Waals surface area contributed by atoms with Crippen LogP contribution in [0.25, 0.3) is 0 Å². The first-order valence-corrected chi connectivity index (χ1v) is 7.50. The van der Waals surface area contributed by atoms with Crippen molar-refractivity contribution >= 4 is 17.5 Å². The maximum absolute atomic E-state index is 13.6. The number of carbonyl (C=O) groups excluding carboxylic acids is 2. The summed E-state index contributed by atoms with van der Waals surface area (Å²) in [5.74, 6) is -0.454. The van der Waals surface area contributed by atoms with Crippen LogP contribution >= 0.6 is 0 Å². The Morgan fingerprint density at radius 1 is 1.32 bits per heavy atom. The molecule has 0 bridgehead atoms. The van der Waals surface area contributed by atoms with Crippen molar-refractivity contribution in [1.29, 1.82) is 0 Å². The minimum atomic E-state index is -0.359. The Kier molecular flexibility index (Phi) is 5.35. The van der Waals surface area contributed by atoms with Gasteiger partial charge in [0, 0.05) is 26.1 Å². The van der Waals surface area contributed by atoms with Gasteiger partial charge in [-0.1, -0.05) is 6.07 Å². The molecule has 22 heavy (non-hydrogen) atoms. The van der Waals surface area contributed by atoms with Crippen LogP contribution in [0.2, 0.25) is 0 Å². The Bertz CT molecular complexity index is 554. The van der Waals surface area contributed by atoms with Crippen LogP contribution in [0.1, 0.15) is 25.3 Å². The lowest BCUT2D eigenvalue weighted by molar-refractivity contribution is -0.130. The normalized spacial score (nSPS) is 15.5. The van der Waals surface area contributed by atoms with E-state index in [1.54, 1.807) is 24.0 Å². The highest BCUT2D eigenvalue weighted by atomic mass is 19.1. The molecule has 0 unspecified atom stereocenters. The molecule has 0 saturated carbocycles. The molecule has 1 fully saturated rings. The minimum absolute atomic E-state index is 0.0346. The number of amides is 2. The van der Waals surface area contributed by atoms with E-state index < -0.39 is 0 Å². The summed E-state index contributed by atoms with van der Waals surface area (Å²) in [4.78, 5) is 24.9. The number of rotatable bonds is 4.